The molecule has 0 aromatic carbocycles. The second-order valence-corrected chi connectivity index (χ2v) is 2.03. The van der Waals surface area contributed by atoms with E-state index in [2.05, 4.69) is 38.0 Å². The zero-order valence-electron chi connectivity index (χ0n) is 4.50. The molecule has 0 amide bonds. The largest absolute Gasteiger partial charge is 0.385 e. The highest BCUT2D eigenvalue weighted by atomic mass is 32.1. The summed E-state index contributed by atoms with van der Waals surface area (Å²) >= 11 is 7.65. The highest BCUT2D eigenvalue weighted by Gasteiger charge is 1.55. The first kappa shape index (κ1) is 10.7. The van der Waals surface area contributed by atoms with Gasteiger partial charge in [-0.1, -0.05) is 37.5 Å². The first-order valence-electron chi connectivity index (χ1n) is 1.87. The molecule has 0 fully saturated rings. The van der Waals surface area contributed by atoms with E-state index in [9.17, 15) is 0 Å². The highest BCUT2D eigenvalue weighted by Crippen LogP contribution is 1.63. The maximum Gasteiger partial charge on any atom is 0.128 e. The number of nitrogens with two attached hydrogens (primary N) is 1. The molecule has 0 bridgehead atoms. The fourth-order valence-electron chi connectivity index (χ4n) is 0. The molecule has 0 radical (unpaired) electrons. The summed E-state index contributed by atoms with van der Waals surface area (Å²) in [5.41, 5.74) is 4.71. The Morgan fingerprint density at radius 1 is 1.50 bits per heavy atom. The van der Waals surface area contributed by atoms with Crippen molar-refractivity contribution in [2.45, 2.75) is 0 Å². The fourth-order valence-corrected chi connectivity index (χ4v) is 0. The van der Waals surface area contributed by atoms with Gasteiger partial charge in [0.25, 0.3) is 0 Å². The molecule has 0 aliphatic heterocycles. The second kappa shape index (κ2) is 9.87. The Balaban J connectivity index is 0. The van der Waals surface area contributed by atoms with E-state index in [1.165, 1.54) is 0 Å². The van der Waals surface area contributed by atoms with Crippen LogP contribution in [0, 0.1) is 0 Å². The minimum absolute atomic E-state index is 0.194. The summed E-state index contributed by atoms with van der Waals surface area (Å²) in [6, 6.07) is 0. The molecule has 0 heterocycles. The fraction of sp³-hybridized carbons (Fsp3) is 0. The monoisotopic (exact) mass is 147 g/mol. The van der Waals surface area contributed by atoms with Crippen molar-refractivity contribution in [3.63, 3.8) is 0 Å². The molecule has 0 atom stereocenters. The van der Waals surface area contributed by atoms with Gasteiger partial charge in [0.2, 0.25) is 0 Å². The van der Waals surface area contributed by atoms with E-state index in [4.69, 9.17) is 5.73 Å². The minimum atomic E-state index is 0.194. The molecule has 0 aliphatic carbocycles. The van der Waals surface area contributed by atoms with Gasteiger partial charge in [-0.15, -0.1) is 12.6 Å². The maximum absolute atomic E-state index is 4.71. The zero-order valence-corrected chi connectivity index (χ0v) is 6.21. The summed E-state index contributed by atoms with van der Waals surface area (Å²) < 4.78 is 0.194. The molecule has 0 rings (SSSR count). The normalized spacial score (nSPS) is 5.62. The van der Waals surface area contributed by atoms with Crippen LogP contribution in [-0.2, 0) is 0 Å². The quantitative estimate of drug-likeness (QED) is 0.334. The van der Waals surface area contributed by atoms with E-state index in [1.54, 1.807) is 12.2 Å². The number of thiol groups is 1. The first-order chi connectivity index (χ1) is 3.65. The van der Waals surface area contributed by atoms with Gasteiger partial charge >= 0.3 is 0 Å². The molecule has 0 aromatic heterocycles. The number of thiocarbonyl (C=S) groups is 1. The molecular weight excluding hydrogens is 138 g/mol. The Morgan fingerprint density at radius 3 is 1.62 bits per heavy atom. The van der Waals surface area contributed by atoms with E-state index < -0.39 is 0 Å². The van der Waals surface area contributed by atoms with Gasteiger partial charge < -0.3 is 5.73 Å². The van der Waals surface area contributed by atoms with Crippen LogP contribution in [0.2, 0.25) is 0 Å². The Labute approximate surface area is 60.7 Å². The van der Waals surface area contributed by atoms with Gasteiger partial charge in [0.05, 0.1) is 0 Å². The summed E-state index contributed by atoms with van der Waals surface area (Å²) in [4.78, 5) is 0. The van der Waals surface area contributed by atoms with Crippen molar-refractivity contribution in [2.24, 2.45) is 5.73 Å². The summed E-state index contributed by atoms with van der Waals surface area (Å²) in [5.74, 6) is 0. The van der Waals surface area contributed by atoms with Crippen LogP contribution >= 0.6 is 24.8 Å². The maximum atomic E-state index is 4.71. The van der Waals surface area contributed by atoms with Crippen LogP contribution in [0.15, 0.2) is 25.3 Å². The van der Waals surface area contributed by atoms with Crippen LogP contribution in [0.5, 0.6) is 0 Å². The average Bonchev–Trinajstić information content (AvgIpc) is 1.65. The van der Waals surface area contributed by atoms with Crippen molar-refractivity contribution in [3.05, 3.63) is 25.3 Å². The van der Waals surface area contributed by atoms with Crippen LogP contribution in [0.25, 0.3) is 0 Å². The third-order valence-corrected chi connectivity index (χ3v) is 0.167. The Hall–Kier alpha value is -0.280. The molecule has 2 N–H and O–H groups in total. The standard InChI is InChI=1S/C4H6.CH3NS2/c1-3-4-2;2-1(3)4/h3-4H,1-2H2;(H3,2,3,4). The van der Waals surface area contributed by atoms with Gasteiger partial charge in [0.15, 0.2) is 0 Å². The molecule has 0 saturated carbocycles. The smallest absolute Gasteiger partial charge is 0.128 e. The van der Waals surface area contributed by atoms with Gasteiger partial charge in [-0.05, 0) is 0 Å². The van der Waals surface area contributed by atoms with Crippen LogP contribution < -0.4 is 5.73 Å². The lowest BCUT2D eigenvalue weighted by Crippen LogP contribution is -1.94. The number of hydrogen-bond acceptors (Lipinski definition) is 1. The predicted molar refractivity (Wildman–Crippen MR) is 46.2 cm³/mol. The highest BCUT2D eigenvalue weighted by molar-refractivity contribution is 8.10. The van der Waals surface area contributed by atoms with Gasteiger partial charge in [-0.2, -0.15) is 0 Å². The topological polar surface area (TPSA) is 26.0 Å². The lowest BCUT2D eigenvalue weighted by Gasteiger charge is -1.64. The van der Waals surface area contributed by atoms with Gasteiger partial charge in [-0.25, -0.2) is 0 Å². The molecule has 0 aliphatic rings. The first-order valence-corrected chi connectivity index (χ1v) is 2.72. The minimum Gasteiger partial charge on any atom is -0.385 e. The predicted octanol–water partition coefficient (Wildman–Crippen LogP) is 1.52. The Kier molecular flexibility index (Phi) is 13.1. The van der Waals surface area contributed by atoms with E-state index in [1.807, 2.05) is 0 Å². The molecule has 0 saturated heterocycles. The van der Waals surface area contributed by atoms with Crippen molar-refractivity contribution in [1.82, 2.24) is 0 Å². The van der Waals surface area contributed by atoms with E-state index in [0.29, 0.717) is 0 Å². The molecule has 0 aromatic rings. The van der Waals surface area contributed by atoms with Crippen LogP contribution in [-0.4, -0.2) is 4.32 Å². The van der Waals surface area contributed by atoms with Crippen LogP contribution in [0.4, 0.5) is 0 Å². The third-order valence-electron chi connectivity index (χ3n) is 0.167. The van der Waals surface area contributed by atoms with Crippen molar-refractivity contribution < 1.29 is 0 Å². The van der Waals surface area contributed by atoms with Crippen LogP contribution in [0.3, 0.4) is 0 Å². The molecule has 0 unspecified atom stereocenters. The van der Waals surface area contributed by atoms with Crippen molar-refractivity contribution in [2.75, 3.05) is 0 Å². The molecule has 8 heavy (non-hydrogen) atoms. The molecule has 3 heteroatoms. The zero-order chi connectivity index (χ0) is 6.99. The van der Waals surface area contributed by atoms with Crippen LogP contribution in [0.1, 0.15) is 0 Å². The van der Waals surface area contributed by atoms with Crippen molar-refractivity contribution >= 4 is 29.2 Å². The summed E-state index contributed by atoms with van der Waals surface area (Å²) in [7, 11) is 0. The number of rotatable bonds is 1. The van der Waals surface area contributed by atoms with Crippen molar-refractivity contribution in [1.29, 1.82) is 0 Å². The third kappa shape index (κ3) is 246. The number of hydrogen-bond donors (Lipinski definition) is 2. The molecule has 0 spiro atoms. The lowest BCUT2D eigenvalue weighted by molar-refractivity contribution is 1.91. The van der Waals surface area contributed by atoms with E-state index in [-0.39, 0.29) is 4.32 Å². The SMILES string of the molecule is C=CC=C.NC(=S)S. The van der Waals surface area contributed by atoms with Gasteiger partial charge in [-0.3, -0.25) is 0 Å². The Bertz CT molecular complexity index is 78.4. The van der Waals surface area contributed by atoms with E-state index in [0.717, 1.165) is 0 Å². The average molecular weight is 147 g/mol. The summed E-state index contributed by atoms with van der Waals surface area (Å²) in [5, 5.41) is 0. The molecular formula is C5H9NS2. The van der Waals surface area contributed by atoms with Crippen molar-refractivity contribution in [3.8, 4) is 0 Å². The van der Waals surface area contributed by atoms with Gasteiger partial charge in [0.1, 0.15) is 4.32 Å². The summed E-state index contributed by atoms with van der Waals surface area (Å²) in [6.45, 7) is 6.72. The number of allylic oxidation sites excluding steroid dienone is 2. The second-order valence-electron chi connectivity index (χ2n) is 0.810. The summed E-state index contributed by atoms with van der Waals surface area (Å²) in [6.07, 6.45) is 3.28. The lowest BCUT2D eigenvalue weighted by atomic mass is 10.6. The van der Waals surface area contributed by atoms with Gasteiger partial charge in [0, 0.05) is 0 Å². The van der Waals surface area contributed by atoms with E-state index >= 15 is 0 Å². The molecule has 1 nitrogen and oxygen atoms in total. The Morgan fingerprint density at radius 2 is 1.62 bits per heavy atom. The molecule has 46 valence electrons.